The molecule has 1 N–H and O–H groups in total. The fourth-order valence-electron chi connectivity index (χ4n) is 2.50. The Hall–Kier alpha value is -3.03. The van der Waals surface area contributed by atoms with E-state index in [1.165, 1.54) is 19.4 Å². The molecular formula is C19H15Cl2N3O4. The molecule has 0 bridgehead atoms. The van der Waals surface area contributed by atoms with E-state index in [4.69, 9.17) is 32.4 Å². The van der Waals surface area contributed by atoms with Crippen molar-refractivity contribution in [1.82, 2.24) is 5.43 Å². The van der Waals surface area contributed by atoms with Gasteiger partial charge >= 0.3 is 0 Å². The number of nitrogens with one attached hydrogen (secondary N) is 1. The first-order valence-corrected chi connectivity index (χ1v) is 8.86. The summed E-state index contributed by atoms with van der Waals surface area (Å²) < 4.78 is 10.7. The fraction of sp³-hybridized carbons (Fsp3) is 0.105. The first-order chi connectivity index (χ1) is 13.5. The van der Waals surface area contributed by atoms with Gasteiger partial charge in [0, 0.05) is 15.6 Å². The molecule has 3 aromatic rings. The average molecular weight is 420 g/mol. The third-order valence-corrected chi connectivity index (χ3v) is 4.60. The van der Waals surface area contributed by atoms with Crippen molar-refractivity contribution in [2.75, 3.05) is 7.11 Å². The van der Waals surface area contributed by atoms with Crippen LogP contribution < -0.4 is 10.2 Å². The molecule has 0 radical (unpaired) electrons. The fourth-order valence-corrected chi connectivity index (χ4v) is 3.03. The van der Waals surface area contributed by atoms with Gasteiger partial charge < -0.3 is 14.6 Å². The molecule has 0 atom stereocenters. The monoisotopic (exact) mass is 419 g/mol. The minimum absolute atomic E-state index is 0.108. The zero-order chi connectivity index (χ0) is 20.1. The van der Waals surface area contributed by atoms with Gasteiger partial charge in [0.1, 0.15) is 17.3 Å². The zero-order valence-electron chi connectivity index (χ0n) is 14.7. The number of rotatable bonds is 7. The molecule has 0 amide bonds. The van der Waals surface area contributed by atoms with Crippen LogP contribution in [-0.2, 0) is 6.54 Å². The van der Waals surface area contributed by atoms with Gasteiger partial charge in [-0.25, -0.2) is 0 Å². The number of halogens is 2. The van der Waals surface area contributed by atoms with Crippen molar-refractivity contribution in [3.05, 3.63) is 80.0 Å². The van der Waals surface area contributed by atoms with Gasteiger partial charge in [-0.05, 0) is 36.4 Å². The van der Waals surface area contributed by atoms with Crippen molar-refractivity contribution in [3.63, 3.8) is 0 Å². The van der Waals surface area contributed by atoms with Gasteiger partial charge in [-0.1, -0.05) is 29.3 Å². The Morgan fingerprint density at radius 1 is 1.21 bits per heavy atom. The molecule has 0 aliphatic rings. The Morgan fingerprint density at radius 3 is 2.64 bits per heavy atom. The number of benzene rings is 2. The quantitative estimate of drug-likeness (QED) is 0.319. The van der Waals surface area contributed by atoms with E-state index in [1.54, 1.807) is 42.5 Å². The molecule has 9 heteroatoms. The van der Waals surface area contributed by atoms with Crippen LogP contribution in [0, 0.1) is 10.1 Å². The zero-order valence-corrected chi connectivity index (χ0v) is 16.2. The molecule has 3 rings (SSSR count). The summed E-state index contributed by atoms with van der Waals surface area (Å²) in [4.78, 5) is 10.8. The predicted molar refractivity (Wildman–Crippen MR) is 108 cm³/mol. The van der Waals surface area contributed by atoms with Gasteiger partial charge in [0.2, 0.25) is 0 Å². The predicted octanol–water partition coefficient (Wildman–Crippen LogP) is 5.29. The lowest BCUT2D eigenvalue weighted by molar-refractivity contribution is -0.384. The van der Waals surface area contributed by atoms with Crippen molar-refractivity contribution in [2.24, 2.45) is 5.10 Å². The molecule has 0 spiro atoms. The number of nitro groups is 1. The van der Waals surface area contributed by atoms with Gasteiger partial charge in [0.05, 0.1) is 36.4 Å². The Balaban J connectivity index is 1.72. The summed E-state index contributed by atoms with van der Waals surface area (Å²) in [7, 11) is 1.45. The number of nitro benzene ring substituents is 1. The molecular weight excluding hydrogens is 405 g/mol. The number of nitrogens with zero attached hydrogens (tertiary/aromatic N) is 2. The van der Waals surface area contributed by atoms with Crippen LogP contribution in [0.25, 0.3) is 11.3 Å². The second-order valence-electron chi connectivity index (χ2n) is 5.64. The van der Waals surface area contributed by atoms with E-state index in [0.29, 0.717) is 39.4 Å². The number of furan rings is 1. The Morgan fingerprint density at radius 2 is 1.96 bits per heavy atom. The number of hydrogen-bond acceptors (Lipinski definition) is 6. The third kappa shape index (κ3) is 4.44. The van der Waals surface area contributed by atoms with Gasteiger partial charge in [-0.3, -0.25) is 10.1 Å². The maximum atomic E-state index is 11.3. The van der Waals surface area contributed by atoms with Crippen LogP contribution >= 0.6 is 23.2 Å². The van der Waals surface area contributed by atoms with Gasteiger partial charge in [-0.2, -0.15) is 5.10 Å². The standard InChI is InChI=1S/C19H15Cl2N3O4/c1-27-12-5-7-14(18(9-12)24(25)26)19-8-6-13(28-19)10-22-23-11-15-16(20)3-2-4-17(15)21/h2-10,23H,11H2,1H3/b22-10+. The maximum Gasteiger partial charge on any atom is 0.284 e. The van der Waals surface area contributed by atoms with Crippen molar-refractivity contribution in [1.29, 1.82) is 0 Å². The molecule has 1 heterocycles. The van der Waals surface area contributed by atoms with E-state index in [9.17, 15) is 10.1 Å². The molecule has 0 unspecified atom stereocenters. The summed E-state index contributed by atoms with van der Waals surface area (Å²) in [6.45, 7) is 0.340. The number of methoxy groups -OCH3 is 1. The highest BCUT2D eigenvalue weighted by Crippen LogP contribution is 2.34. The smallest absolute Gasteiger partial charge is 0.284 e. The highest BCUT2D eigenvalue weighted by Gasteiger charge is 2.19. The van der Waals surface area contributed by atoms with Crippen molar-refractivity contribution < 1.29 is 14.1 Å². The average Bonchev–Trinajstić information content (AvgIpc) is 3.15. The lowest BCUT2D eigenvalue weighted by Crippen LogP contribution is -2.06. The summed E-state index contributed by atoms with van der Waals surface area (Å²) >= 11 is 12.2. The second-order valence-corrected chi connectivity index (χ2v) is 6.45. The Labute approximate surface area is 170 Å². The minimum Gasteiger partial charge on any atom is -0.497 e. The van der Waals surface area contributed by atoms with Crippen LogP contribution in [0.3, 0.4) is 0 Å². The lowest BCUT2D eigenvalue weighted by atomic mass is 10.1. The summed E-state index contributed by atoms with van der Waals surface area (Å²) in [6, 6.07) is 13.1. The molecule has 28 heavy (non-hydrogen) atoms. The maximum absolute atomic E-state index is 11.3. The van der Waals surface area contributed by atoms with Crippen LogP contribution in [0.2, 0.25) is 10.0 Å². The van der Waals surface area contributed by atoms with Crippen LogP contribution in [0.15, 0.2) is 58.0 Å². The highest BCUT2D eigenvalue weighted by atomic mass is 35.5. The topological polar surface area (TPSA) is 89.9 Å². The number of hydrazone groups is 1. The van der Waals surface area contributed by atoms with Gasteiger partial charge in [-0.15, -0.1) is 0 Å². The van der Waals surface area contributed by atoms with Gasteiger partial charge in [0.15, 0.2) is 0 Å². The normalized spacial score (nSPS) is 11.0. The van der Waals surface area contributed by atoms with Gasteiger partial charge in [0.25, 0.3) is 5.69 Å². The molecule has 0 aliphatic heterocycles. The van der Waals surface area contributed by atoms with E-state index in [-0.39, 0.29) is 5.69 Å². The molecule has 0 fully saturated rings. The second kappa shape index (κ2) is 8.77. The molecule has 0 aliphatic carbocycles. The Bertz CT molecular complexity index is 1010. The van der Waals surface area contributed by atoms with Crippen LogP contribution in [0.1, 0.15) is 11.3 Å². The van der Waals surface area contributed by atoms with Crippen LogP contribution in [0.4, 0.5) is 5.69 Å². The summed E-state index contributed by atoms with van der Waals surface area (Å²) in [5.41, 5.74) is 3.82. The van der Waals surface area contributed by atoms with Crippen LogP contribution in [-0.4, -0.2) is 18.2 Å². The first-order valence-electron chi connectivity index (χ1n) is 8.11. The third-order valence-electron chi connectivity index (χ3n) is 3.89. The summed E-state index contributed by atoms with van der Waals surface area (Å²) in [5, 5.41) is 16.5. The minimum atomic E-state index is -0.483. The largest absolute Gasteiger partial charge is 0.497 e. The van der Waals surface area contributed by atoms with Crippen molar-refractivity contribution >= 4 is 35.1 Å². The van der Waals surface area contributed by atoms with E-state index in [2.05, 4.69) is 10.5 Å². The molecule has 7 nitrogen and oxygen atoms in total. The molecule has 0 saturated heterocycles. The molecule has 2 aromatic carbocycles. The van der Waals surface area contributed by atoms with E-state index in [0.717, 1.165) is 5.56 Å². The molecule has 0 saturated carbocycles. The van der Waals surface area contributed by atoms with E-state index in [1.807, 2.05) is 0 Å². The van der Waals surface area contributed by atoms with Crippen molar-refractivity contribution in [2.45, 2.75) is 6.54 Å². The lowest BCUT2D eigenvalue weighted by Gasteiger charge is -2.05. The molecule has 144 valence electrons. The molecule has 1 aromatic heterocycles. The first kappa shape index (κ1) is 19.7. The highest BCUT2D eigenvalue weighted by molar-refractivity contribution is 6.35. The SMILES string of the molecule is COc1ccc(-c2ccc(/C=N/NCc3c(Cl)cccc3Cl)o2)c([N+](=O)[O-])c1. The number of ether oxygens (including phenoxy) is 1. The number of hydrogen-bond donors (Lipinski definition) is 1. The van der Waals surface area contributed by atoms with Crippen molar-refractivity contribution in [3.8, 4) is 17.1 Å². The van der Waals surface area contributed by atoms with E-state index < -0.39 is 4.92 Å². The van der Waals surface area contributed by atoms with E-state index >= 15 is 0 Å². The van der Waals surface area contributed by atoms with Crippen LogP contribution in [0.5, 0.6) is 5.75 Å². The summed E-state index contributed by atoms with van der Waals surface area (Å²) in [5.74, 6) is 1.18. The Kier molecular flexibility index (Phi) is 6.18. The summed E-state index contributed by atoms with van der Waals surface area (Å²) in [6.07, 6.45) is 1.46.